The molecule has 1 aliphatic rings. The van der Waals surface area contributed by atoms with Gasteiger partial charge in [0.05, 0.1) is 5.60 Å². The van der Waals surface area contributed by atoms with Crippen molar-refractivity contribution in [2.75, 3.05) is 25.0 Å². The maximum absolute atomic E-state index is 14.0. The maximum atomic E-state index is 14.0. The summed E-state index contributed by atoms with van der Waals surface area (Å²) in [6.45, 7) is 3.12. The summed E-state index contributed by atoms with van der Waals surface area (Å²) in [5.74, 6) is -1.07. The van der Waals surface area contributed by atoms with E-state index in [1.165, 1.54) is 12.1 Å². The van der Waals surface area contributed by atoms with Crippen molar-refractivity contribution < 1.29 is 13.9 Å². The molecule has 1 aromatic rings. The predicted molar refractivity (Wildman–Crippen MR) is 71.2 cm³/mol. The Morgan fingerprint density at radius 3 is 2.26 bits per heavy atom. The standard InChI is InChI=1S/C14H20F2N2O/c1-14(19)3-5-18(6-4-14)13-11(15)7-10(9-17-2)8-12(13)16/h7-8,17,19H,3-6,9H2,1-2H3. The van der Waals surface area contributed by atoms with Crippen LogP contribution in [-0.2, 0) is 6.54 Å². The molecule has 2 rings (SSSR count). The van der Waals surface area contributed by atoms with Crippen LogP contribution in [0.5, 0.6) is 0 Å². The molecule has 5 heteroatoms. The maximum Gasteiger partial charge on any atom is 0.149 e. The van der Waals surface area contributed by atoms with Gasteiger partial charge in [-0.05, 0) is 44.5 Å². The molecule has 0 atom stereocenters. The molecule has 0 bridgehead atoms. The molecule has 1 fully saturated rings. The molecule has 1 heterocycles. The number of nitrogens with zero attached hydrogens (tertiary/aromatic N) is 1. The summed E-state index contributed by atoms with van der Waals surface area (Å²) in [6.07, 6.45) is 1.04. The highest BCUT2D eigenvalue weighted by Gasteiger charge is 2.29. The number of halogens is 2. The lowest BCUT2D eigenvalue weighted by atomic mass is 9.93. The Morgan fingerprint density at radius 2 is 1.79 bits per heavy atom. The van der Waals surface area contributed by atoms with Gasteiger partial charge < -0.3 is 15.3 Å². The van der Waals surface area contributed by atoms with Crippen LogP contribution in [0, 0.1) is 11.6 Å². The number of nitrogens with one attached hydrogen (secondary N) is 1. The van der Waals surface area contributed by atoms with Crippen LogP contribution < -0.4 is 10.2 Å². The Kier molecular flexibility index (Phi) is 4.06. The summed E-state index contributed by atoms with van der Waals surface area (Å²) in [5, 5.41) is 12.7. The summed E-state index contributed by atoms with van der Waals surface area (Å²) in [6, 6.07) is 2.73. The average Bonchev–Trinajstić information content (AvgIpc) is 2.31. The lowest BCUT2D eigenvalue weighted by molar-refractivity contribution is 0.0349. The van der Waals surface area contributed by atoms with Crippen LogP contribution in [-0.4, -0.2) is 30.8 Å². The average molecular weight is 270 g/mol. The Morgan fingerprint density at radius 1 is 1.26 bits per heavy atom. The molecule has 3 nitrogen and oxygen atoms in total. The van der Waals surface area contributed by atoms with Crippen LogP contribution in [0.25, 0.3) is 0 Å². The van der Waals surface area contributed by atoms with Crippen molar-refractivity contribution in [1.29, 1.82) is 0 Å². The molecule has 1 aliphatic heterocycles. The smallest absolute Gasteiger partial charge is 0.149 e. The molecule has 1 saturated heterocycles. The highest BCUT2D eigenvalue weighted by Crippen LogP contribution is 2.30. The van der Waals surface area contributed by atoms with Crippen LogP contribution in [0.15, 0.2) is 12.1 Å². The fourth-order valence-electron chi connectivity index (χ4n) is 2.44. The minimum Gasteiger partial charge on any atom is -0.390 e. The van der Waals surface area contributed by atoms with Crippen molar-refractivity contribution in [1.82, 2.24) is 5.32 Å². The van der Waals surface area contributed by atoms with Crippen molar-refractivity contribution in [3.63, 3.8) is 0 Å². The van der Waals surface area contributed by atoms with Gasteiger partial charge >= 0.3 is 0 Å². The number of piperidine rings is 1. The van der Waals surface area contributed by atoms with Crippen molar-refractivity contribution in [3.8, 4) is 0 Å². The quantitative estimate of drug-likeness (QED) is 0.882. The SMILES string of the molecule is CNCc1cc(F)c(N2CCC(C)(O)CC2)c(F)c1. The van der Waals surface area contributed by atoms with E-state index >= 15 is 0 Å². The number of hydrogen-bond donors (Lipinski definition) is 2. The third kappa shape index (κ3) is 3.22. The molecule has 0 saturated carbocycles. The first-order valence-corrected chi connectivity index (χ1v) is 6.53. The number of hydrogen-bond acceptors (Lipinski definition) is 3. The number of benzene rings is 1. The molecular formula is C14H20F2N2O. The molecular weight excluding hydrogens is 250 g/mol. The first-order valence-electron chi connectivity index (χ1n) is 6.53. The Balaban J connectivity index is 2.21. The zero-order chi connectivity index (χ0) is 14.0. The molecule has 0 aromatic heterocycles. The zero-order valence-electron chi connectivity index (χ0n) is 11.3. The summed E-state index contributed by atoms with van der Waals surface area (Å²) in [4.78, 5) is 1.67. The van der Waals surface area contributed by atoms with Gasteiger partial charge in [0.25, 0.3) is 0 Å². The highest BCUT2D eigenvalue weighted by molar-refractivity contribution is 5.51. The van der Waals surface area contributed by atoms with E-state index in [-0.39, 0.29) is 5.69 Å². The fraction of sp³-hybridized carbons (Fsp3) is 0.571. The van der Waals surface area contributed by atoms with Gasteiger partial charge in [-0.2, -0.15) is 0 Å². The van der Waals surface area contributed by atoms with Gasteiger partial charge in [-0.1, -0.05) is 0 Å². The molecule has 0 radical (unpaired) electrons. The molecule has 0 amide bonds. The number of aliphatic hydroxyl groups is 1. The highest BCUT2D eigenvalue weighted by atomic mass is 19.1. The van der Waals surface area contributed by atoms with E-state index in [4.69, 9.17) is 0 Å². The summed E-state index contributed by atoms with van der Waals surface area (Å²) < 4.78 is 28.1. The Bertz CT molecular complexity index is 430. The zero-order valence-corrected chi connectivity index (χ0v) is 11.3. The van der Waals surface area contributed by atoms with Gasteiger partial charge in [0, 0.05) is 19.6 Å². The Labute approximate surface area is 112 Å². The molecule has 0 spiro atoms. The van der Waals surface area contributed by atoms with E-state index in [9.17, 15) is 13.9 Å². The predicted octanol–water partition coefficient (Wildman–Crippen LogP) is 2.04. The fourth-order valence-corrected chi connectivity index (χ4v) is 2.44. The summed E-state index contributed by atoms with van der Waals surface area (Å²) in [5.41, 5.74) is -0.115. The van der Waals surface area contributed by atoms with Gasteiger partial charge in [0.1, 0.15) is 17.3 Å². The van der Waals surface area contributed by atoms with Gasteiger partial charge in [0.15, 0.2) is 0 Å². The first kappa shape index (κ1) is 14.2. The van der Waals surface area contributed by atoms with E-state index < -0.39 is 17.2 Å². The number of anilines is 1. The van der Waals surface area contributed by atoms with E-state index in [0.29, 0.717) is 38.0 Å². The van der Waals surface area contributed by atoms with Crippen molar-refractivity contribution >= 4 is 5.69 Å². The van der Waals surface area contributed by atoms with E-state index in [1.807, 2.05) is 0 Å². The first-order chi connectivity index (χ1) is 8.93. The van der Waals surface area contributed by atoms with E-state index in [0.717, 1.165) is 0 Å². The monoisotopic (exact) mass is 270 g/mol. The van der Waals surface area contributed by atoms with Gasteiger partial charge in [-0.3, -0.25) is 0 Å². The van der Waals surface area contributed by atoms with Gasteiger partial charge in [-0.25, -0.2) is 8.78 Å². The number of rotatable bonds is 3. The molecule has 106 valence electrons. The lowest BCUT2D eigenvalue weighted by Crippen LogP contribution is -2.43. The van der Waals surface area contributed by atoms with Crippen molar-refractivity contribution in [2.45, 2.75) is 31.9 Å². The van der Waals surface area contributed by atoms with Crippen molar-refractivity contribution in [3.05, 3.63) is 29.3 Å². The third-order valence-electron chi connectivity index (χ3n) is 3.61. The molecule has 19 heavy (non-hydrogen) atoms. The second kappa shape index (κ2) is 5.43. The topological polar surface area (TPSA) is 35.5 Å². The molecule has 0 aliphatic carbocycles. The van der Waals surface area contributed by atoms with Gasteiger partial charge in [0.2, 0.25) is 0 Å². The molecule has 0 unspecified atom stereocenters. The Hall–Kier alpha value is -1.20. The third-order valence-corrected chi connectivity index (χ3v) is 3.61. The van der Waals surface area contributed by atoms with Crippen LogP contribution in [0.2, 0.25) is 0 Å². The summed E-state index contributed by atoms with van der Waals surface area (Å²) in [7, 11) is 1.73. The minimum absolute atomic E-state index is 0.0235. The second-order valence-corrected chi connectivity index (χ2v) is 5.42. The molecule has 2 N–H and O–H groups in total. The largest absolute Gasteiger partial charge is 0.390 e. The van der Waals surface area contributed by atoms with Crippen LogP contribution in [0.3, 0.4) is 0 Å². The molecule has 1 aromatic carbocycles. The van der Waals surface area contributed by atoms with Crippen LogP contribution >= 0.6 is 0 Å². The van der Waals surface area contributed by atoms with Crippen LogP contribution in [0.1, 0.15) is 25.3 Å². The minimum atomic E-state index is -0.727. The van der Waals surface area contributed by atoms with E-state index in [2.05, 4.69) is 5.32 Å². The van der Waals surface area contributed by atoms with E-state index in [1.54, 1.807) is 18.9 Å². The lowest BCUT2D eigenvalue weighted by Gasteiger charge is -2.37. The normalized spacial score (nSPS) is 18.7. The second-order valence-electron chi connectivity index (χ2n) is 5.42. The van der Waals surface area contributed by atoms with Crippen LogP contribution in [0.4, 0.5) is 14.5 Å². The van der Waals surface area contributed by atoms with Crippen molar-refractivity contribution in [2.24, 2.45) is 0 Å². The summed E-state index contributed by atoms with van der Waals surface area (Å²) >= 11 is 0. The van der Waals surface area contributed by atoms with Gasteiger partial charge in [-0.15, -0.1) is 0 Å².